The Bertz CT molecular complexity index is 671. The first kappa shape index (κ1) is 20.0. The summed E-state index contributed by atoms with van der Waals surface area (Å²) in [5.74, 6) is -2.90. The summed E-state index contributed by atoms with van der Waals surface area (Å²) in [5.41, 5.74) is -0.914. The highest BCUT2D eigenvalue weighted by Crippen LogP contribution is 2.19. The van der Waals surface area contributed by atoms with E-state index in [0.29, 0.717) is 0 Å². The van der Waals surface area contributed by atoms with E-state index < -0.39 is 28.2 Å². The van der Waals surface area contributed by atoms with Gasteiger partial charge in [0.25, 0.3) is 0 Å². The monoisotopic (exact) mass is 327 g/mol. The molecule has 0 aromatic heterocycles. The minimum Gasteiger partial charge on any atom is -0.507 e. The summed E-state index contributed by atoms with van der Waals surface area (Å²) >= 11 is 0. The third kappa shape index (κ3) is 5.34. The van der Waals surface area contributed by atoms with Gasteiger partial charge >= 0.3 is 11.7 Å². The Kier molecular flexibility index (Phi) is 7.89. The van der Waals surface area contributed by atoms with Crippen LogP contribution < -0.4 is 0 Å². The lowest BCUT2D eigenvalue weighted by atomic mass is 10.2. The number of benzene rings is 2. The number of nitro groups is 1. The summed E-state index contributed by atoms with van der Waals surface area (Å²) in [7, 11) is 1.27. The third-order valence-electron chi connectivity index (χ3n) is 2.43. The molecule has 0 aliphatic rings. The fourth-order valence-corrected chi connectivity index (χ4v) is 1.42. The Labute approximate surface area is 131 Å². The SMILES string of the molecule is C.COC(=O)c1ccccc1O.O=[N+]([O-])c1c(F)cccc1F. The maximum absolute atomic E-state index is 12.4. The maximum Gasteiger partial charge on any atom is 0.341 e. The van der Waals surface area contributed by atoms with Gasteiger partial charge < -0.3 is 9.84 Å². The Morgan fingerprint density at radius 3 is 2.04 bits per heavy atom. The number of phenolic OH excluding ortho intramolecular Hbond substituents is 1. The topological polar surface area (TPSA) is 89.7 Å². The maximum atomic E-state index is 12.4. The summed E-state index contributed by atoms with van der Waals surface area (Å²) in [6.07, 6.45) is 0. The van der Waals surface area contributed by atoms with Crippen LogP contribution in [-0.4, -0.2) is 23.1 Å². The van der Waals surface area contributed by atoms with Gasteiger partial charge in [0.2, 0.25) is 11.6 Å². The number of methoxy groups -OCH3 is 1. The van der Waals surface area contributed by atoms with E-state index in [1.54, 1.807) is 12.1 Å². The molecule has 0 unspecified atom stereocenters. The Hall–Kier alpha value is -3.03. The first-order valence-corrected chi connectivity index (χ1v) is 5.83. The number of carbonyl (C=O) groups is 1. The zero-order chi connectivity index (χ0) is 16.7. The fourth-order valence-electron chi connectivity index (χ4n) is 1.42. The van der Waals surface area contributed by atoms with Crippen LogP contribution in [0.3, 0.4) is 0 Å². The molecule has 0 heterocycles. The summed E-state index contributed by atoms with van der Waals surface area (Å²) in [5, 5.41) is 19.1. The summed E-state index contributed by atoms with van der Waals surface area (Å²) in [6.45, 7) is 0. The van der Waals surface area contributed by atoms with Gasteiger partial charge in [0.05, 0.1) is 12.0 Å². The van der Waals surface area contributed by atoms with Crippen LogP contribution in [0.2, 0.25) is 0 Å². The number of hydrogen-bond donors (Lipinski definition) is 1. The van der Waals surface area contributed by atoms with Gasteiger partial charge in [-0.25, -0.2) is 4.79 Å². The highest BCUT2D eigenvalue weighted by atomic mass is 19.1. The molecule has 8 heteroatoms. The van der Waals surface area contributed by atoms with Crippen molar-refractivity contribution < 1.29 is 28.3 Å². The molecule has 23 heavy (non-hydrogen) atoms. The molecule has 0 amide bonds. The minimum atomic E-state index is -1.16. The van der Waals surface area contributed by atoms with Crippen molar-refractivity contribution in [1.29, 1.82) is 0 Å². The highest BCUT2D eigenvalue weighted by Gasteiger charge is 2.19. The van der Waals surface area contributed by atoms with E-state index in [-0.39, 0.29) is 18.7 Å². The molecule has 124 valence electrons. The van der Waals surface area contributed by atoms with E-state index in [9.17, 15) is 23.7 Å². The Balaban J connectivity index is 0.000000403. The van der Waals surface area contributed by atoms with Gasteiger partial charge in [-0.1, -0.05) is 25.6 Å². The van der Waals surface area contributed by atoms with Crippen molar-refractivity contribution in [2.24, 2.45) is 0 Å². The molecular formula is C15H15F2NO5. The van der Waals surface area contributed by atoms with Gasteiger partial charge in [0.15, 0.2) is 0 Å². The lowest BCUT2D eigenvalue weighted by Crippen LogP contribution is -2.00. The lowest BCUT2D eigenvalue weighted by molar-refractivity contribution is -0.390. The third-order valence-corrected chi connectivity index (χ3v) is 2.43. The number of carbonyl (C=O) groups excluding carboxylic acids is 1. The van der Waals surface area contributed by atoms with Crippen LogP contribution in [0.1, 0.15) is 17.8 Å². The van der Waals surface area contributed by atoms with E-state index >= 15 is 0 Å². The second-order valence-corrected chi connectivity index (χ2v) is 3.84. The first-order valence-electron chi connectivity index (χ1n) is 5.83. The van der Waals surface area contributed by atoms with E-state index in [4.69, 9.17) is 5.11 Å². The van der Waals surface area contributed by atoms with Crippen molar-refractivity contribution in [3.8, 4) is 5.75 Å². The molecule has 2 aromatic rings. The molecule has 0 saturated carbocycles. The summed E-state index contributed by atoms with van der Waals surface area (Å²) < 4.78 is 29.3. The van der Waals surface area contributed by atoms with Gasteiger partial charge in [-0.05, 0) is 24.3 Å². The summed E-state index contributed by atoms with van der Waals surface area (Å²) in [4.78, 5) is 19.7. The minimum absolute atomic E-state index is 0. The van der Waals surface area contributed by atoms with Crippen LogP contribution >= 0.6 is 0 Å². The van der Waals surface area contributed by atoms with Gasteiger partial charge in [0, 0.05) is 0 Å². The number of aromatic hydroxyl groups is 1. The molecule has 0 bridgehead atoms. The number of esters is 1. The van der Waals surface area contributed by atoms with Crippen LogP contribution in [0.25, 0.3) is 0 Å². The molecule has 0 saturated heterocycles. The molecule has 2 aromatic carbocycles. The number of nitrogens with zero attached hydrogens (tertiary/aromatic N) is 1. The van der Waals surface area contributed by atoms with Crippen molar-refractivity contribution >= 4 is 11.7 Å². The fraction of sp³-hybridized carbons (Fsp3) is 0.133. The van der Waals surface area contributed by atoms with Crippen LogP contribution in [-0.2, 0) is 4.74 Å². The number of rotatable bonds is 2. The number of hydrogen-bond acceptors (Lipinski definition) is 5. The van der Waals surface area contributed by atoms with Crippen LogP contribution in [0.4, 0.5) is 14.5 Å². The predicted molar refractivity (Wildman–Crippen MR) is 79.2 cm³/mol. The number of phenols is 1. The molecule has 1 N–H and O–H groups in total. The molecule has 0 aliphatic carbocycles. The molecule has 0 fully saturated rings. The van der Waals surface area contributed by atoms with Crippen molar-refractivity contribution in [3.05, 3.63) is 69.8 Å². The van der Waals surface area contributed by atoms with Crippen molar-refractivity contribution in [1.82, 2.24) is 0 Å². The first-order chi connectivity index (χ1) is 10.4. The van der Waals surface area contributed by atoms with Crippen LogP contribution in [0.15, 0.2) is 42.5 Å². The second kappa shape index (κ2) is 9.08. The predicted octanol–water partition coefficient (Wildman–Crippen LogP) is 3.69. The van der Waals surface area contributed by atoms with Gasteiger partial charge in [-0.2, -0.15) is 8.78 Å². The smallest absolute Gasteiger partial charge is 0.341 e. The number of halogens is 2. The quantitative estimate of drug-likeness (QED) is 0.516. The largest absolute Gasteiger partial charge is 0.507 e. The van der Waals surface area contributed by atoms with Crippen molar-refractivity contribution in [2.45, 2.75) is 7.43 Å². The average Bonchev–Trinajstić information content (AvgIpc) is 2.47. The Morgan fingerprint density at radius 1 is 1.13 bits per heavy atom. The van der Waals surface area contributed by atoms with Crippen molar-refractivity contribution in [2.75, 3.05) is 7.11 Å². The molecule has 6 nitrogen and oxygen atoms in total. The zero-order valence-corrected chi connectivity index (χ0v) is 11.3. The number of para-hydroxylation sites is 2. The van der Waals surface area contributed by atoms with Crippen LogP contribution in [0.5, 0.6) is 5.75 Å². The molecule has 2 rings (SSSR count). The van der Waals surface area contributed by atoms with Crippen LogP contribution in [0, 0.1) is 21.7 Å². The highest BCUT2D eigenvalue weighted by molar-refractivity contribution is 5.92. The number of ether oxygens (including phenoxy) is 1. The average molecular weight is 327 g/mol. The zero-order valence-electron chi connectivity index (χ0n) is 11.3. The van der Waals surface area contributed by atoms with E-state index in [0.717, 1.165) is 18.2 Å². The van der Waals surface area contributed by atoms with E-state index in [1.165, 1.54) is 19.2 Å². The van der Waals surface area contributed by atoms with Crippen molar-refractivity contribution in [3.63, 3.8) is 0 Å². The summed E-state index contributed by atoms with van der Waals surface area (Å²) in [6, 6.07) is 8.97. The van der Waals surface area contributed by atoms with E-state index in [2.05, 4.69) is 4.74 Å². The second-order valence-electron chi connectivity index (χ2n) is 3.84. The standard InChI is InChI=1S/C8H8O3.C6H3F2NO2.CH4/c1-11-8(10)6-4-2-3-5-7(6)9;7-4-2-1-3-5(8)6(4)9(10)11;/h2-5,9H,1H3;1-3H;1H4. The molecule has 0 atom stereocenters. The van der Waals surface area contributed by atoms with Gasteiger partial charge in [-0.3, -0.25) is 10.1 Å². The van der Waals surface area contributed by atoms with Gasteiger partial charge in [0.1, 0.15) is 11.3 Å². The van der Waals surface area contributed by atoms with E-state index in [1.807, 2.05) is 0 Å². The molecule has 0 aliphatic heterocycles. The van der Waals surface area contributed by atoms with Gasteiger partial charge in [-0.15, -0.1) is 0 Å². The Morgan fingerprint density at radius 2 is 1.65 bits per heavy atom. The number of nitro benzene ring substituents is 1. The normalized spacial score (nSPS) is 9.00. The molecular weight excluding hydrogens is 312 g/mol. The molecule has 0 spiro atoms. The molecule has 0 radical (unpaired) electrons. The lowest BCUT2D eigenvalue weighted by Gasteiger charge is -1.99.